The third kappa shape index (κ3) is 2.68. The van der Waals surface area contributed by atoms with Crippen LogP contribution in [-0.4, -0.2) is 8.42 Å². The number of rotatable bonds is 2. The van der Waals surface area contributed by atoms with Gasteiger partial charge in [0, 0.05) is 6.08 Å². The summed E-state index contributed by atoms with van der Waals surface area (Å²) >= 11 is 0. The highest BCUT2D eigenvalue weighted by Gasteiger charge is 2.09. The lowest BCUT2D eigenvalue weighted by molar-refractivity contribution is 0.552. The molecule has 0 bridgehead atoms. The molecule has 0 fully saturated rings. The Bertz CT molecular complexity index is 483. The smallest absolute Gasteiger partial charge is 0.193 e. The van der Waals surface area contributed by atoms with E-state index in [2.05, 4.69) is 0 Å². The highest BCUT2D eigenvalue weighted by molar-refractivity contribution is 7.86. The Morgan fingerprint density at radius 1 is 1.29 bits per heavy atom. The molecule has 1 aromatic rings. The maximum atomic E-state index is 12.4. The number of allylic oxidation sites excluding steroid dienone is 1. The minimum Gasteiger partial charge on any atom is -0.193 e. The van der Waals surface area contributed by atoms with Crippen LogP contribution in [0.4, 0.5) is 3.89 Å². The van der Waals surface area contributed by atoms with E-state index >= 15 is 0 Å². The minimum atomic E-state index is -4.63. The number of benzene rings is 1. The van der Waals surface area contributed by atoms with Gasteiger partial charge in [0.2, 0.25) is 0 Å². The van der Waals surface area contributed by atoms with Crippen molar-refractivity contribution in [3.05, 3.63) is 35.9 Å². The first-order valence-electron chi connectivity index (χ1n) is 3.65. The molecule has 0 amide bonds. The highest BCUT2D eigenvalue weighted by Crippen LogP contribution is 2.13. The lowest BCUT2D eigenvalue weighted by Gasteiger charge is -1.95. The Morgan fingerprint density at radius 3 is 2.29 bits per heavy atom. The molecule has 0 aliphatic heterocycles. The largest absolute Gasteiger partial charge is 0.332 e. The van der Waals surface area contributed by atoms with E-state index in [-0.39, 0.29) is 4.90 Å². The molecule has 0 aromatic heterocycles. The molecule has 14 heavy (non-hydrogen) atoms. The first kappa shape index (κ1) is 10.4. The van der Waals surface area contributed by atoms with Gasteiger partial charge in [-0.05, 0) is 23.8 Å². The molecule has 0 saturated carbocycles. The van der Waals surface area contributed by atoms with Crippen LogP contribution in [0.15, 0.2) is 35.2 Å². The van der Waals surface area contributed by atoms with E-state index in [1.54, 1.807) is 6.07 Å². The fourth-order valence-corrected chi connectivity index (χ4v) is 1.34. The predicted octanol–water partition coefficient (Wildman–Crippen LogP) is 1.88. The summed E-state index contributed by atoms with van der Waals surface area (Å²) in [5, 5.41) is 8.22. The van der Waals surface area contributed by atoms with Crippen LogP contribution in [0.25, 0.3) is 6.08 Å². The van der Waals surface area contributed by atoms with Crippen molar-refractivity contribution in [1.29, 1.82) is 5.26 Å². The van der Waals surface area contributed by atoms with Gasteiger partial charge in [0.05, 0.1) is 11.0 Å². The zero-order chi connectivity index (χ0) is 10.6. The average molecular weight is 211 g/mol. The molecule has 0 radical (unpaired) electrons. The molecule has 1 aromatic carbocycles. The summed E-state index contributed by atoms with van der Waals surface area (Å²) in [5.41, 5.74) is 0.638. The van der Waals surface area contributed by atoms with Crippen LogP contribution in [0.3, 0.4) is 0 Å². The molecular formula is C9H6FNO2S. The SMILES string of the molecule is N#CC=Cc1ccc(S(=O)(=O)F)cc1. The summed E-state index contributed by atoms with van der Waals surface area (Å²) in [5.74, 6) is 0. The highest BCUT2D eigenvalue weighted by atomic mass is 32.3. The monoisotopic (exact) mass is 211 g/mol. The van der Waals surface area contributed by atoms with Gasteiger partial charge in [-0.3, -0.25) is 0 Å². The van der Waals surface area contributed by atoms with Gasteiger partial charge >= 0.3 is 10.2 Å². The summed E-state index contributed by atoms with van der Waals surface area (Å²) in [4.78, 5) is -0.383. The van der Waals surface area contributed by atoms with Gasteiger partial charge in [-0.15, -0.1) is 3.89 Å². The van der Waals surface area contributed by atoms with Crippen LogP contribution in [0.1, 0.15) is 5.56 Å². The molecule has 3 nitrogen and oxygen atoms in total. The Labute approximate surface area is 81.3 Å². The maximum absolute atomic E-state index is 12.4. The number of hydrogen-bond donors (Lipinski definition) is 0. The zero-order valence-corrected chi connectivity index (χ0v) is 7.83. The number of nitriles is 1. The van der Waals surface area contributed by atoms with Gasteiger partial charge < -0.3 is 0 Å². The molecule has 0 spiro atoms. The van der Waals surface area contributed by atoms with Crippen molar-refractivity contribution in [2.75, 3.05) is 0 Å². The molecular weight excluding hydrogens is 205 g/mol. The fourth-order valence-electron chi connectivity index (χ4n) is 0.875. The minimum absolute atomic E-state index is 0.383. The van der Waals surface area contributed by atoms with Crippen LogP contribution < -0.4 is 0 Å². The Kier molecular flexibility index (Phi) is 2.99. The topological polar surface area (TPSA) is 57.9 Å². The lowest BCUT2D eigenvalue weighted by Crippen LogP contribution is -1.90. The first-order chi connectivity index (χ1) is 6.54. The summed E-state index contributed by atoms with van der Waals surface area (Å²) in [7, 11) is -4.63. The third-order valence-corrected chi connectivity index (χ3v) is 2.35. The van der Waals surface area contributed by atoms with E-state index in [1.807, 2.05) is 0 Å². The van der Waals surface area contributed by atoms with Crippen molar-refractivity contribution in [3.8, 4) is 6.07 Å². The third-order valence-electron chi connectivity index (χ3n) is 1.51. The van der Waals surface area contributed by atoms with Gasteiger partial charge in [-0.1, -0.05) is 12.1 Å². The first-order valence-corrected chi connectivity index (χ1v) is 5.03. The number of nitrogens with zero attached hydrogens (tertiary/aromatic N) is 1. The molecule has 1 rings (SSSR count). The van der Waals surface area contributed by atoms with Crippen LogP contribution >= 0.6 is 0 Å². The summed E-state index contributed by atoms with van der Waals surface area (Å²) in [6.07, 6.45) is 2.74. The number of halogens is 1. The van der Waals surface area contributed by atoms with Gasteiger partial charge in [-0.25, -0.2) is 0 Å². The van der Waals surface area contributed by atoms with E-state index in [9.17, 15) is 12.3 Å². The number of hydrogen-bond acceptors (Lipinski definition) is 3. The van der Waals surface area contributed by atoms with Crippen LogP contribution in [0.5, 0.6) is 0 Å². The molecule has 0 unspecified atom stereocenters. The van der Waals surface area contributed by atoms with Crippen molar-refractivity contribution in [1.82, 2.24) is 0 Å². The van der Waals surface area contributed by atoms with E-state index in [0.717, 1.165) is 12.1 Å². The molecule has 0 atom stereocenters. The van der Waals surface area contributed by atoms with E-state index in [1.165, 1.54) is 24.3 Å². The molecule has 0 aliphatic rings. The molecule has 0 saturated heterocycles. The van der Waals surface area contributed by atoms with Gasteiger partial charge in [0.1, 0.15) is 0 Å². The second kappa shape index (κ2) is 4.03. The van der Waals surface area contributed by atoms with E-state index in [4.69, 9.17) is 5.26 Å². The Morgan fingerprint density at radius 2 is 1.86 bits per heavy atom. The van der Waals surface area contributed by atoms with Crippen molar-refractivity contribution in [2.45, 2.75) is 4.90 Å². The standard InChI is InChI=1S/C9H6FNO2S/c10-14(12,13)9-5-3-8(4-6-9)2-1-7-11/h1-6H. The molecule has 5 heteroatoms. The van der Waals surface area contributed by atoms with E-state index < -0.39 is 10.2 Å². The Balaban J connectivity index is 3.03. The molecule has 72 valence electrons. The molecule has 0 aliphatic carbocycles. The lowest BCUT2D eigenvalue weighted by atomic mass is 10.2. The summed E-state index contributed by atoms with van der Waals surface area (Å²) < 4.78 is 33.2. The van der Waals surface area contributed by atoms with Crippen molar-refractivity contribution in [2.24, 2.45) is 0 Å². The second-order valence-electron chi connectivity index (χ2n) is 2.47. The molecule has 0 heterocycles. The van der Waals surface area contributed by atoms with Crippen LogP contribution in [0.2, 0.25) is 0 Å². The predicted molar refractivity (Wildman–Crippen MR) is 49.4 cm³/mol. The van der Waals surface area contributed by atoms with Crippen LogP contribution in [-0.2, 0) is 10.2 Å². The van der Waals surface area contributed by atoms with Crippen molar-refractivity contribution >= 4 is 16.3 Å². The van der Waals surface area contributed by atoms with Crippen molar-refractivity contribution < 1.29 is 12.3 Å². The maximum Gasteiger partial charge on any atom is 0.332 e. The summed E-state index contributed by atoms with van der Waals surface area (Å²) in [6.45, 7) is 0. The Hall–Kier alpha value is -1.67. The van der Waals surface area contributed by atoms with E-state index in [0.29, 0.717) is 5.56 Å². The van der Waals surface area contributed by atoms with Gasteiger partial charge in [0.15, 0.2) is 0 Å². The van der Waals surface area contributed by atoms with Gasteiger partial charge in [0.25, 0.3) is 0 Å². The summed E-state index contributed by atoms with van der Waals surface area (Å²) in [6, 6.07) is 6.91. The normalized spacial score (nSPS) is 11.4. The van der Waals surface area contributed by atoms with Crippen molar-refractivity contribution in [3.63, 3.8) is 0 Å². The molecule has 0 N–H and O–H groups in total. The quantitative estimate of drug-likeness (QED) is 0.554. The zero-order valence-electron chi connectivity index (χ0n) is 7.01. The van der Waals surface area contributed by atoms with Crippen LogP contribution in [0, 0.1) is 11.3 Å². The average Bonchev–Trinajstić information content (AvgIpc) is 2.14. The fraction of sp³-hybridized carbons (Fsp3) is 0. The van der Waals surface area contributed by atoms with Gasteiger partial charge in [-0.2, -0.15) is 13.7 Å². The second-order valence-corrected chi connectivity index (χ2v) is 3.82.